The number of hydrogen-bond acceptors (Lipinski definition) is 4. The second kappa shape index (κ2) is 5.38. The number of primary sulfonamides is 1. The molecule has 0 aliphatic carbocycles. The van der Waals surface area contributed by atoms with Crippen LogP contribution in [-0.2, 0) is 16.4 Å². The van der Waals surface area contributed by atoms with Crippen molar-refractivity contribution >= 4 is 10.0 Å². The normalized spacial score (nSPS) is 13.7. The van der Waals surface area contributed by atoms with E-state index in [0.29, 0.717) is 6.42 Å². The summed E-state index contributed by atoms with van der Waals surface area (Å²) in [6.45, 7) is 2.07. The highest BCUT2D eigenvalue weighted by Gasteiger charge is 2.09. The predicted octanol–water partition coefficient (Wildman–Crippen LogP) is 0.399. The fourth-order valence-electron chi connectivity index (χ4n) is 1.44. The van der Waals surface area contributed by atoms with Crippen LogP contribution >= 0.6 is 0 Å². The van der Waals surface area contributed by atoms with Crippen LogP contribution in [0, 0.1) is 0 Å². The van der Waals surface area contributed by atoms with Crippen molar-refractivity contribution in [2.24, 2.45) is 10.9 Å². The Labute approximate surface area is 95.9 Å². The Balaban J connectivity index is 2.72. The van der Waals surface area contributed by atoms with E-state index in [-0.39, 0.29) is 10.9 Å². The maximum atomic E-state index is 11.0. The highest BCUT2D eigenvalue weighted by atomic mass is 32.2. The molecule has 0 radical (unpaired) electrons. The zero-order chi connectivity index (χ0) is 12.2. The molecule has 90 valence electrons. The molecule has 1 heterocycles. The first-order valence-corrected chi connectivity index (χ1v) is 6.71. The third-order valence-corrected chi connectivity index (χ3v) is 3.16. The summed E-state index contributed by atoms with van der Waals surface area (Å²) in [5.41, 5.74) is 6.64. The SMILES string of the molecule is CCCC(N)Cc1ccc(S(N)(=O)=O)cn1. The van der Waals surface area contributed by atoms with E-state index in [1.807, 2.05) is 0 Å². The second-order valence-electron chi connectivity index (χ2n) is 3.78. The van der Waals surface area contributed by atoms with E-state index >= 15 is 0 Å². The summed E-state index contributed by atoms with van der Waals surface area (Å²) in [4.78, 5) is 4.06. The molecule has 1 unspecified atom stereocenters. The summed E-state index contributed by atoms with van der Waals surface area (Å²) in [7, 11) is -3.65. The predicted molar refractivity (Wildman–Crippen MR) is 62.2 cm³/mol. The van der Waals surface area contributed by atoms with E-state index in [4.69, 9.17) is 10.9 Å². The Morgan fingerprint density at radius 3 is 2.56 bits per heavy atom. The summed E-state index contributed by atoms with van der Waals surface area (Å²) in [6, 6.07) is 3.17. The molecule has 6 heteroatoms. The van der Waals surface area contributed by atoms with Crippen LogP contribution in [0.5, 0.6) is 0 Å². The van der Waals surface area contributed by atoms with Crippen molar-refractivity contribution in [3.05, 3.63) is 24.0 Å². The third kappa shape index (κ3) is 3.88. The van der Waals surface area contributed by atoms with Crippen LogP contribution < -0.4 is 10.9 Å². The Kier molecular flexibility index (Phi) is 4.40. The zero-order valence-electron chi connectivity index (χ0n) is 9.26. The number of hydrogen-bond donors (Lipinski definition) is 2. The summed E-state index contributed by atoms with van der Waals surface area (Å²) in [5.74, 6) is 0. The number of rotatable bonds is 5. The number of nitrogens with zero attached hydrogens (tertiary/aromatic N) is 1. The average Bonchev–Trinajstić information content (AvgIpc) is 2.17. The lowest BCUT2D eigenvalue weighted by Gasteiger charge is -2.09. The van der Waals surface area contributed by atoms with Crippen LogP contribution in [0.1, 0.15) is 25.5 Å². The highest BCUT2D eigenvalue weighted by Crippen LogP contribution is 2.08. The Morgan fingerprint density at radius 2 is 2.12 bits per heavy atom. The fourth-order valence-corrected chi connectivity index (χ4v) is 1.90. The molecule has 1 aromatic rings. The smallest absolute Gasteiger partial charge is 0.239 e. The Hall–Kier alpha value is -0.980. The minimum absolute atomic E-state index is 0.0281. The van der Waals surface area contributed by atoms with Crippen molar-refractivity contribution in [1.29, 1.82) is 0 Å². The van der Waals surface area contributed by atoms with Crippen LogP contribution in [-0.4, -0.2) is 19.4 Å². The van der Waals surface area contributed by atoms with E-state index in [1.165, 1.54) is 12.3 Å². The van der Waals surface area contributed by atoms with Gasteiger partial charge in [0.05, 0.1) is 0 Å². The van der Waals surface area contributed by atoms with Gasteiger partial charge >= 0.3 is 0 Å². The van der Waals surface area contributed by atoms with Crippen molar-refractivity contribution in [3.8, 4) is 0 Å². The molecular weight excluding hydrogens is 226 g/mol. The van der Waals surface area contributed by atoms with E-state index in [0.717, 1.165) is 18.5 Å². The van der Waals surface area contributed by atoms with Crippen molar-refractivity contribution in [2.75, 3.05) is 0 Å². The van der Waals surface area contributed by atoms with E-state index in [1.54, 1.807) is 6.07 Å². The largest absolute Gasteiger partial charge is 0.327 e. The first-order chi connectivity index (χ1) is 7.43. The molecule has 0 amide bonds. The van der Waals surface area contributed by atoms with Gasteiger partial charge in [-0.05, 0) is 18.6 Å². The van der Waals surface area contributed by atoms with Crippen LogP contribution in [0.2, 0.25) is 0 Å². The number of aromatic nitrogens is 1. The molecule has 1 atom stereocenters. The Morgan fingerprint density at radius 1 is 1.44 bits per heavy atom. The van der Waals surface area contributed by atoms with Crippen molar-refractivity contribution in [3.63, 3.8) is 0 Å². The topological polar surface area (TPSA) is 99.1 Å². The zero-order valence-corrected chi connectivity index (χ0v) is 10.1. The van der Waals surface area contributed by atoms with Gasteiger partial charge in [0.25, 0.3) is 0 Å². The molecule has 0 saturated heterocycles. The van der Waals surface area contributed by atoms with Crippen molar-refractivity contribution in [1.82, 2.24) is 4.98 Å². The average molecular weight is 243 g/mol. The Bertz CT molecular complexity index is 428. The highest BCUT2D eigenvalue weighted by molar-refractivity contribution is 7.89. The number of sulfonamides is 1. The summed E-state index contributed by atoms with van der Waals surface area (Å²) < 4.78 is 22.0. The molecule has 0 aromatic carbocycles. The van der Waals surface area contributed by atoms with Gasteiger partial charge in [-0.2, -0.15) is 0 Å². The van der Waals surface area contributed by atoms with Crippen LogP contribution in [0.4, 0.5) is 0 Å². The van der Waals surface area contributed by atoms with Crippen molar-refractivity contribution < 1.29 is 8.42 Å². The first kappa shape index (κ1) is 13.1. The third-order valence-electron chi connectivity index (χ3n) is 2.26. The van der Waals surface area contributed by atoms with Gasteiger partial charge in [-0.15, -0.1) is 0 Å². The van der Waals surface area contributed by atoms with E-state index < -0.39 is 10.0 Å². The molecule has 0 aliphatic rings. The van der Waals surface area contributed by atoms with Gasteiger partial charge < -0.3 is 5.73 Å². The molecular formula is C10H17N3O2S. The monoisotopic (exact) mass is 243 g/mol. The molecule has 1 rings (SSSR count). The van der Waals surface area contributed by atoms with Crippen LogP contribution in [0.25, 0.3) is 0 Å². The second-order valence-corrected chi connectivity index (χ2v) is 5.34. The lowest BCUT2D eigenvalue weighted by atomic mass is 10.1. The molecule has 16 heavy (non-hydrogen) atoms. The lowest BCUT2D eigenvalue weighted by Crippen LogP contribution is -2.23. The molecule has 0 bridgehead atoms. The lowest BCUT2D eigenvalue weighted by molar-refractivity contribution is 0.590. The molecule has 0 spiro atoms. The van der Waals surface area contributed by atoms with E-state index in [2.05, 4.69) is 11.9 Å². The molecule has 1 aromatic heterocycles. The summed E-state index contributed by atoms with van der Waals surface area (Å²) in [6.07, 6.45) is 3.87. The fraction of sp³-hybridized carbons (Fsp3) is 0.500. The maximum absolute atomic E-state index is 11.0. The minimum atomic E-state index is -3.65. The minimum Gasteiger partial charge on any atom is -0.327 e. The molecule has 0 fully saturated rings. The van der Waals surface area contributed by atoms with Crippen LogP contribution in [0.3, 0.4) is 0 Å². The molecule has 5 nitrogen and oxygen atoms in total. The molecule has 0 aliphatic heterocycles. The van der Waals surface area contributed by atoms with Gasteiger partial charge in [-0.25, -0.2) is 13.6 Å². The maximum Gasteiger partial charge on any atom is 0.239 e. The van der Waals surface area contributed by atoms with E-state index in [9.17, 15) is 8.42 Å². The first-order valence-electron chi connectivity index (χ1n) is 5.16. The van der Waals surface area contributed by atoms with Gasteiger partial charge in [0, 0.05) is 24.4 Å². The van der Waals surface area contributed by atoms with Gasteiger partial charge in [0.2, 0.25) is 10.0 Å². The standard InChI is InChI=1S/C10H17N3O2S/c1-2-3-8(11)6-9-4-5-10(7-13-9)16(12,14)15/h4-5,7-8H,2-3,6,11H2,1H3,(H2,12,14,15). The molecule has 4 N–H and O–H groups in total. The quantitative estimate of drug-likeness (QED) is 0.781. The van der Waals surface area contributed by atoms with Gasteiger partial charge in [0.15, 0.2) is 0 Å². The van der Waals surface area contributed by atoms with Crippen molar-refractivity contribution in [2.45, 2.75) is 37.1 Å². The summed E-state index contributed by atoms with van der Waals surface area (Å²) >= 11 is 0. The number of pyridine rings is 1. The summed E-state index contributed by atoms with van der Waals surface area (Å²) in [5, 5.41) is 4.96. The number of nitrogens with two attached hydrogens (primary N) is 2. The van der Waals surface area contributed by atoms with Gasteiger partial charge in [-0.1, -0.05) is 13.3 Å². The molecule has 0 saturated carbocycles. The van der Waals surface area contributed by atoms with Crippen LogP contribution in [0.15, 0.2) is 23.2 Å². The van der Waals surface area contributed by atoms with Gasteiger partial charge in [-0.3, -0.25) is 4.98 Å². The van der Waals surface area contributed by atoms with Gasteiger partial charge in [0.1, 0.15) is 4.90 Å².